The summed E-state index contributed by atoms with van der Waals surface area (Å²) >= 11 is 0. The Morgan fingerprint density at radius 2 is 1.47 bits per heavy atom. The van der Waals surface area contributed by atoms with Gasteiger partial charge in [0.1, 0.15) is 0 Å². The van der Waals surface area contributed by atoms with E-state index in [2.05, 4.69) is 25.2 Å². The Balaban J connectivity index is 2.01. The van der Waals surface area contributed by atoms with Gasteiger partial charge in [-0.1, -0.05) is 23.8 Å². The quantitative estimate of drug-likeness (QED) is 0.560. The van der Waals surface area contributed by atoms with E-state index in [1.54, 1.807) is 0 Å². The summed E-state index contributed by atoms with van der Waals surface area (Å²) in [7, 11) is 2.76. The molecule has 1 saturated carbocycles. The van der Waals surface area contributed by atoms with Crippen molar-refractivity contribution in [1.82, 2.24) is 0 Å². The van der Waals surface area contributed by atoms with Crippen molar-refractivity contribution < 1.29 is 19.1 Å². The maximum Gasteiger partial charge on any atom is 0.310 e. The second kappa shape index (κ2) is 4.22. The van der Waals surface area contributed by atoms with Gasteiger partial charge in [0.05, 0.1) is 26.1 Å². The Morgan fingerprint density at radius 1 is 0.947 bits per heavy atom. The van der Waals surface area contributed by atoms with Crippen LogP contribution in [-0.2, 0) is 19.1 Å². The number of carbonyl (C=O) groups is 2. The van der Waals surface area contributed by atoms with Crippen LogP contribution in [0.3, 0.4) is 0 Å². The smallest absolute Gasteiger partial charge is 0.310 e. The fourth-order valence-electron chi connectivity index (χ4n) is 4.18. The molecule has 4 nitrogen and oxygen atoms in total. The molecule has 19 heavy (non-hydrogen) atoms. The van der Waals surface area contributed by atoms with Gasteiger partial charge in [-0.25, -0.2) is 0 Å². The van der Waals surface area contributed by atoms with Gasteiger partial charge in [0.25, 0.3) is 0 Å². The van der Waals surface area contributed by atoms with E-state index in [9.17, 15) is 9.59 Å². The highest BCUT2D eigenvalue weighted by molar-refractivity contribution is 5.84. The Kier molecular flexibility index (Phi) is 2.77. The van der Waals surface area contributed by atoms with Crippen LogP contribution < -0.4 is 0 Å². The molecule has 0 saturated heterocycles. The maximum absolute atomic E-state index is 12.1. The van der Waals surface area contributed by atoms with Crippen LogP contribution >= 0.6 is 0 Å². The van der Waals surface area contributed by atoms with E-state index in [4.69, 9.17) is 9.47 Å². The van der Waals surface area contributed by atoms with Crippen molar-refractivity contribution in [3.63, 3.8) is 0 Å². The third kappa shape index (κ3) is 1.52. The van der Waals surface area contributed by atoms with Crippen LogP contribution in [0.15, 0.2) is 23.8 Å². The molecular formula is C15H18O4. The van der Waals surface area contributed by atoms with Crippen LogP contribution in [0.5, 0.6) is 0 Å². The van der Waals surface area contributed by atoms with Crippen molar-refractivity contribution in [1.29, 1.82) is 0 Å². The van der Waals surface area contributed by atoms with Gasteiger partial charge in [0, 0.05) is 0 Å². The van der Waals surface area contributed by atoms with Crippen molar-refractivity contribution in [2.45, 2.75) is 6.92 Å². The molecule has 4 rings (SSSR count). The average molecular weight is 262 g/mol. The van der Waals surface area contributed by atoms with Crippen molar-refractivity contribution in [2.75, 3.05) is 14.2 Å². The number of rotatable bonds is 2. The molecule has 4 aliphatic rings. The van der Waals surface area contributed by atoms with E-state index in [-0.39, 0.29) is 23.8 Å². The minimum absolute atomic E-state index is 0.0650. The zero-order valence-corrected chi connectivity index (χ0v) is 11.3. The number of allylic oxidation sites excluding steroid dienone is 4. The first-order valence-corrected chi connectivity index (χ1v) is 6.62. The summed E-state index contributed by atoms with van der Waals surface area (Å²) in [6.07, 6.45) is 6.38. The minimum Gasteiger partial charge on any atom is -0.469 e. The Labute approximate surface area is 112 Å². The minimum atomic E-state index is -0.405. The number of fused-ring (bicyclic) bond motifs is 1. The Morgan fingerprint density at radius 3 is 2.00 bits per heavy atom. The van der Waals surface area contributed by atoms with Gasteiger partial charge in [0.2, 0.25) is 0 Å². The molecular weight excluding hydrogens is 244 g/mol. The van der Waals surface area contributed by atoms with Crippen LogP contribution in [0.2, 0.25) is 0 Å². The Bertz CT molecular complexity index is 490. The van der Waals surface area contributed by atoms with Crippen molar-refractivity contribution >= 4 is 11.9 Å². The topological polar surface area (TPSA) is 52.6 Å². The van der Waals surface area contributed by atoms with Crippen LogP contribution in [0.4, 0.5) is 0 Å². The van der Waals surface area contributed by atoms with Gasteiger partial charge < -0.3 is 9.47 Å². The van der Waals surface area contributed by atoms with Crippen LogP contribution in [0, 0.1) is 35.5 Å². The molecule has 0 aromatic rings. The lowest BCUT2D eigenvalue weighted by Gasteiger charge is -2.55. The predicted octanol–water partition coefficient (Wildman–Crippen LogP) is 1.57. The van der Waals surface area contributed by atoms with E-state index < -0.39 is 11.8 Å². The van der Waals surface area contributed by atoms with Gasteiger partial charge in [0.15, 0.2) is 0 Å². The van der Waals surface area contributed by atoms with Gasteiger partial charge in [-0.3, -0.25) is 9.59 Å². The zero-order valence-electron chi connectivity index (χ0n) is 11.3. The standard InChI is InChI=1S/C15H18O4/c1-7-6-10-8-4-5-9(11(7)10)13(15(17)19-3)12(8)14(16)18-2/h4-6,8-13H,1-3H3/t8-,9-,10+,11-,12+,13-/m0/s1. The average Bonchev–Trinajstić information content (AvgIpc) is 2.42. The van der Waals surface area contributed by atoms with Crippen LogP contribution in [-0.4, -0.2) is 26.2 Å². The van der Waals surface area contributed by atoms with E-state index in [1.165, 1.54) is 19.8 Å². The summed E-state index contributed by atoms with van der Waals surface area (Å²) in [5, 5.41) is 0. The molecule has 1 fully saturated rings. The Hall–Kier alpha value is -1.58. The van der Waals surface area contributed by atoms with Crippen molar-refractivity contribution in [2.24, 2.45) is 35.5 Å². The summed E-state index contributed by atoms with van der Waals surface area (Å²) in [6, 6.07) is 0. The van der Waals surface area contributed by atoms with Gasteiger partial charge >= 0.3 is 11.9 Å². The lowest BCUT2D eigenvalue weighted by Crippen LogP contribution is -2.56. The van der Waals surface area contributed by atoms with Crippen molar-refractivity contribution in [3.8, 4) is 0 Å². The zero-order chi connectivity index (χ0) is 13.7. The largest absolute Gasteiger partial charge is 0.469 e. The molecule has 102 valence electrons. The highest BCUT2D eigenvalue weighted by Gasteiger charge is 2.59. The monoisotopic (exact) mass is 262 g/mol. The van der Waals surface area contributed by atoms with Gasteiger partial charge in [-0.15, -0.1) is 0 Å². The molecule has 0 spiro atoms. The second-order valence-corrected chi connectivity index (χ2v) is 5.65. The lowest BCUT2D eigenvalue weighted by molar-refractivity contribution is -0.168. The molecule has 0 aromatic heterocycles. The summed E-state index contributed by atoms with van der Waals surface area (Å²) < 4.78 is 9.81. The third-order valence-electron chi connectivity index (χ3n) is 4.97. The molecule has 2 bridgehead atoms. The highest BCUT2D eigenvalue weighted by Crippen LogP contribution is 2.59. The first kappa shape index (κ1) is 12.5. The number of methoxy groups -OCH3 is 2. The molecule has 0 radical (unpaired) electrons. The van der Waals surface area contributed by atoms with Gasteiger partial charge in [-0.05, 0) is 30.6 Å². The molecule has 0 unspecified atom stereocenters. The van der Waals surface area contributed by atoms with E-state index in [0.29, 0.717) is 11.8 Å². The number of hydrogen-bond acceptors (Lipinski definition) is 4. The molecule has 4 heteroatoms. The molecule has 0 heterocycles. The first-order valence-electron chi connectivity index (χ1n) is 6.62. The number of ether oxygens (including phenoxy) is 2. The summed E-state index contributed by atoms with van der Waals surface area (Å²) in [6.45, 7) is 2.09. The van der Waals surface area contributed by atoms with Crippen LogP contribution in [0.1, 0.15) is 6.92 Å². The molecule has 0 aliphatic heterocycles. The summed E-state index contributed by atoms with van der Waals surface area (Å²) in [4.78, 5) is 24.1. The lowest BCUT2D eigenvalue weighted by atomic mass is 9.47. The fourth-order valence-corrected chi connectivity index (χ4v) is 4.18. The third-order valence-corrected chi connectivity index (χ3v) is 4.97. The van der Waals surface area contributed by atoms with Crippen molar-refractivity contribution in [3.05, 3.63) is 23.8 Å². The van der Waals surface area contributed by atoms with Gasteiger partial charge in [-0.2, -0.15) is 0 Å². The predicted molar refractivity (Wildman–Crippen MR) is 67.9 cm³/mol. The number of esters is 2. The molecule has 6 atom stereocenters. The maximum atomic E-state index is 12.1. The molecule has 4 aliphatic carbocycles. The molecule has 0 aromatic carbocycles. The number of hydrogen-bond donors (Lipinski definition) is 0. The first-order chi connectivity index (χ1) is 9.10. The van der Waals surface area contributed by atoms with E-state index >= 15 is 0 Å². The molecule has 0 N–H and O–H groups in total. The number of carbonyl (C=O) groups excluding carboxylic acids is 2. The second-order valence-electron chi connectivity index (χ2n) is 5.65. The summed E-state index contributed by atoms with van der Waals surface area (Å²) in [5.41, 5.74) is 1.32. The highest BCUT2D eigenvalue weighted by atomic mass is 16.5. The van der Waals surface area contributed by atoms with Crippen LogP contribution in [0.25, 0.3) is 0 Å². The van der Waals surface area contributed by atoms with E-state index in [0.717, 1.165) is 0 Å². The summed E-state index contributed by atoms with van der Waals surface area (Å²) in [5.74, 6) is -0.513. The normalized spacial score (nSPS) is 41.9. The van der Waals surface area contributed by atoms with E-state index in [1.807, 2.05) is 0 Å². The fraction of sp³-hybridized carbons (Fsp3) is 0.600. The molecule has 0 amide bonds. The SMILES string of the molecule is COC(=O)[C@@H]1[C@H]2C=C[C@@H]([C@@H]3C(C)=C[C@H]23)[C@@H]1C(=O)OC.